The van der Waals surface area contributed by atoms with E-state index in [0.717, 1.165) is 30.5 Å². The van der Waals surface area contributed by atoms with Crippen molar-refractivity contribution < 1.29 is 18.0 Å². The molecule has 28 heavy (non-hydrogen) atoms. The van der Waals surface area contributed by atoms with E-state index in [4.69, 9.17) is 0 Å². The number of alkyl halides is 3. The van der Waals surface area contributed by atoms with Gasteiger partial charge in [0.25, 0.3) is 5.91 Å². The summed E-state index contributed by atoms with van der Waals surface area (Å²) in [6.07, 6.45) is -1.64. The smallest absolute Gasteiger partial charge is 0.367 e. The summed E-state index contributed by atoms with van der Waals surface area (Å²) in [6, 6.07) is -0.478. The molecule has 1 fully saturated rings. The quantitative estimate of drug-likeness (QED) is 0.840. The van der Waals surface area contributed by atoms with Crippen LogP contribution in [0.15, 0.2) is 6.07 Å². The monoisotopic (exact) mass is 401 g/mol. The molecule has 1 aromatic rings. The van der Waals surface area contributed by atoms with Crippen molar-refractivity contribution in [2.45, 2.75) is 63.8 Å². The maximum Gasteiger partial charge on any atom is 0.410 e. The minimum atomic E-state index is -4.41. The number of carbonyl (C=O) groups excluding carboxylic acids is 1. The van der Waals surface area contributed by atoms with E-state index in [1.165, 1.54) is 6.07 Å². The molecule has 9 heteroatoms. The third-order valence-corrected chi connectivity index (χ3v) is 5.71. The molecule has 3 heterocycles. The lowest BCUT2D eigenvalue weighted by atomic mass is 9.94. The van der Waals surface area contributed by atoms with Gasteiger partial charge in [-0.25, -0.2) is 4.68 Å². The molecule has 1 unspecified atom stereocenters. The Morgan fingerprint density at radius 2 is 2.07 bits per heavy atom. The minimum Gasteiger partial charge on any atom is -0.367 e. The van der Waals surface area contributed by atoms with Crippen molar-refractivity contribution in [3.05, 3.63) is 11.8 Å². The summed E-state index contributed by atoms with van der Waals surface area (Å²) in [4.78, 5) is 16.9. The summed E-state index contributed by atoms with van der Waals surface area (Å²) in [6.45, 7) is 5.13. The van der Waals surface area contributed by atoms with Crippen molar-refractivity contribution in [2.75, 3.05) is 32.5 Å². The highest BCUT2D eigenvalue weighted by Crippen LogP contribution is 2.41. The van der Waals surface area contributed by atoms with Gasteiger partial charge >= 0.3 is 6.18 Å². The van der Waals surface area contributed by atoms with Gasteiger partial charge in [0.15, 0.2) is 11.7 Å². The molecule has 0 aromatic carbocycles. The molecule has 158 valence electrons. The molecule has 0 spiro atoms. The van der Waals surface area contributed by atoms with Gasteiger partial charge in [-0.2, -0.15) is 18.3 Å². The van der Waals surface area contributed by atoms with E-state index in [2.05, 4.69) is 10.4 Å². The Bertz CT molecular complexity index is 700. The number of piperidine rings is 1. The maximum absolute atomic E-state index is 13.6. The van der Waals surface area contributed by atoms with Crippen molar-refractivity contribution in [3.8, 4) is 0 Å². The molecule has 0 saturated carbocycles. The highest BCUT2D eigenvalue weighted by atomic mass is 19.4. The molecule has 2 aliphatic heterocycles. The number of likely N-dealkylation sites (N-methyl/N-ethyl adjacent to an activating group) is 1. The Labute approximate surface area is 164 Å². The molecule has 6 nitrogen and oxygen atoms in total. The number of hydrogen-bond donors (Lipinski definition) is 1. The Morgan fingerprint density at radius 1 is 1.36 bits per heavy atom. The number of carbonyl (C=O) groups is 1. The lowest BCUT2D eigenvalue weighted by molar-refractivity contribution is -0.174. The van der Waals surface area contributed by atoms with Crippen molar-refractivity contribution in [3.63, 3.8) is 0 Å². The van der Waals surface area contributed by atoms with Gasteiger partial charge in [0.05, 0.1) is 0 Å². The molecule has 0 aliphatic carbocycles. The number of halogens is 3. The van der Waals surface area contributed by atoms with Crippen molar-refractivity contribution in [2.24, 2.45) is 5.92 Å². The van der Waals surface area contributed by atoms with Gasteiger partial charge in [-0.3, -0.25) is 4.79 Å². The summed E-state index contributed by atoms with van der Waals surface area (Å²) < 4.78 is 41.9. The van der Waals surface area contributed by atoms with Crippen LogP contribution in [-0.4, -0.2) is 70.9 Å². The summed E-state index contributed by atoms with van der Waals surface area (Å²) in [5.74, 6) is 0.0354. The molecule has 1 N–H and O–H groups in total. The van der Waals surface area contributed by atoms with Crippen LogP contribution in [0.25, 0.3) is 0 Å². The SMILES string of the molecule is CC(C)[C@@H]1C[C@H](C(F)(F)F)n2nc(C(=O)N3CCCCC3CN(C)C)cc2N1. The summed E-state index contributed by atoms with van der Waals surface area (Å²) in [7, 11) is 3.91. The normalized spacial score (nSPS) is 25.8. The molecule has 2 aliphatic rings. The predicted octanol–water partition coefficient (Wildman–Crippen LogP) is 3.38. The maximum atomic E-state index is 13.6. The van der Waals surface area contributed by atoms with Crippen LogP contribution in [0.1, 0.15) is 56.1 Å². The Morgan fingerprint density at radius 3 is 2.68 bits per heavy atom. The number of aromatic nitrogens is 2. The number of nitrogens with zero attached hydrogens (tertiary/aromatic N) is 4. The average molecular weight is 401 g/mol. The van der Waals surface area contributed by atoms with Crippen LogP contribution in [0.5, 0.6) is 0 Å². The van der Waals surface area contributed by atoms with E-state index in [9.17, 15) is 18.0 Å². The zero-order chi connectivity index (χ0) is 20.6. The van der Waals surface area contributed by atoms with Gasteiger partial charge in [0, 0.05) is 31.2 Å². The van der Waals surface area contributed by atoms with Gasteiger partial charge in [-0.15, -0.1) is 0 Å². The topological polar surface area (TPSA) is 53.4 Å². The molecule has 3 rings (SSSR count). The molecule has 0 radical (unpaired) electrons. The van der Waals surface area contributed by atoms with Crippen LogP contribution in [-0.2, 0) is 0 Å². The van der Waals surface area contributed by atoms with Crippen LogP contribution in [0, 0.1) is 5.92 Å². The third kappa shape index (κ3) is 4.29. The summed E-state index contributed by atoms with van der Waals surface area (Å²) in [5, 5.41) is 7.25. The molecule has 1 saturated heterocycles. The van der Waals surface area contributed by atoms with Crippen LogP contribution in [0.4, 0.5) is 19.0 Å². The molecule has 3 atom stereocenters. The molecule has 1 aromatic heterocycles. The van der Waals surface area contributed by atoms with Gasteiger partial charge in [-0.05, 0) is 45.7 Å². The average Bonchev–Trinajstić information content (AvgIpc) is 3.03. The van der Waals surface area contributed by atoms with Crippen molar-refractivity contribution >= 4 is 11.7 Å². The Balaban J connectivity index is 1.89. The second kappa shape index (κ2) is 7.93. The van der Waals surface area contributed by atoms with Crippen LogP contribution >= 0.6 is 0 Å². The third-order valence-electron chi connectivity index (χ3n) is 5.71. The predicted molar refractivity (Wildman–Crippen MR) is 101 cm³/mol. The summed E-state index contributed by atoms with van der Waals surface area (Å²) in [5.41, 5.74) is 0.0896. The van der Waals surface area contributed by atoms with Gasteiger partial charge in [0.2, 0.25) is 0 Å². The zero-order valence-corrected chi connectivity index (χ0v) is 17.0. The van der Waals surface area contributed by atoms with Gasteiger partial charge in [0.1, 0.15) is 5.82 Å². The van der Waals surface area contributed by atoms with Gasteiger partial charge < -0.3 is 15.1 Å². The van der Waals surface area contributed by atoms with E-state index in [-0.39, 0.29) is 41.8 Å². The summed E-state index contributed by atoms with van der Waals surface area (Å²) >= 11 is 0. The largest absolute Gasteiger partial charge is 0.410 e. The second-order valence-electron chi connectivity index (χ2n) is 8.56. The number of fused-ring (bicyclic) bond motifs is 1. The fourth-order valence-electron chi connectivity index (χ4n) is 4.17. The fourth-order valence-corrected chi connectivity index (χ4v) is 4.17. The number of rotatable bonds is 4. The number of anilines is 1. The standard InChI is InChI=1S/C19H30F3N5O/c1-12(2)14-9-16(19(20,21)22)27-17(23-14)10-15(24-27)18(28)26-8-6-5-7-13(26)11-25(3)4/h10,12-14,16,23H,5-9,11H2,1-4H3/t13?,14-,16+/m0/s1. The second-order valence-corrected chi connectivity index (χ2v) is 8.56. The first-order valence-electron chi connectivity index (χ1n) is 9.96. The number of nitrogens with one attached hydrogen (secondary N) is 1. The van der Waals surface area contributed by atoms with Crippen LogP contribution in [0.2, 0.25) is 0 Å². The first-order chi connectivity index (χ1) is 13.1. The first kappa shape index (κ1) is 21.0. The fraction of sp³-hybridized carbons (Fsp3) is 0.789. The highest BCUT2D eigenvalue weighted by molar-refractivity contribution is 5.93. The van der Waals surface area contributed by atoms with E-state index < -0.39 is 12.2 Å². The molecule has 1 amide bonds. The van der Waals surface area contributed by atoms with E-state index >= 15 is 0 Å². The minimum absolute atomic E-state index is 0.0409. The molecular formula is C19H30F3N5O. The number of hydrogen-bond acceptors (Lipinski definition) is 4. The van der Waals surface area contributed by atoms with Crippen molar-refractivity contribution in [1.82, 2.24) is 19.6 Å². The highest BCUT2D eigenvalue weighted by Gasteiger charge is 2.47. The Hall–Kier alpha value is -1.77. The lowest BCUT2D eigenvalue weighted by Crippen LogP contribution is -2.48. The van der Waals surface area contributed by atoms with Crippen molar-refractivity contribution in [1.29, 1.82) is 0 Å². The zero-order valence-electron chi connectivity index (χ0n) is 17.0. The molecular weight excluding hydrogens is 371 g/mol. The van der Waals surface area contributed by atoms with Crippen LogP contribution < -0.4 is 5.32 Å². The molecule has 0 bridgehead atoms. The lowest BCUT2D eigenvalue weighted by Gasteiger charge is -2.36. The van der Waals surface area contributed by atoms with Crippen LogP contribution in [0.3, 0.4) is 0 Å². The van der Waals surface area contributed by atoms with E-state index in [1.807, 2.05) is 32.8 Å². The number of likely N-dealkylation sites (tertiary alicyclic amines) is 1. The van der Waals surface area contributed by atoms with E-state index in [0.29, 0.717) is 6.54 Å². The number of amides is 1. The first-order valence-corrected chi connectivity index (χ1v) is 9.96. The van der Waals surface area contributed by atoms with Gasteiger partial charge in [-0.1, -0.05) is 13.8 Å². The Kier molecular flexibility index (Phi) is 5.93. The van der Waals surface area contributed by atoms with E-state index in [1.54, 1.807) is 4.90 Å².